The van der Waals surface area contributed by atoms with Crippen molar-refractivity contribution in [2.75, 3.05) is 20.8 Å². The molecule has 0 unspecified atom stereocenters. The molecule has 2 aromatic rings. The summed E-state index contributed by atoms with van der Waals surface area (Å²) >= 11 is 1.63. The summed E-state index contributed by atoms with van der Waals surface area (Å²) in [7, 11) is 3.37. The van der Waals surface area contributed by atoms with Crippen molar-refractivity contribution in [3.63, 3.8) is 0 Å². The fraction of sp³-hybridized carbons (Fsp3) is 0.474. The summed E-state index contributed by atoms with van der Waals surface area (Å²) in [6.07, 6.45) is 2.97. The Hall–Kier alpha value is -2.08. The Balaban J connectivity index is 2.06. The average molecular weight is 362 g/mol. The van der Waals surface area contributed by atoms with Crippen LogP contribution in [0.25, 0.3) is 0 Å². The minimum Gasteiger partial charge on any atom is -0.493 e. The van der Waals surface area contributed by atoms with Crippen LogP contribution in [0.3, 0.4) is 0 Å². The van der Waals surface area contributed by atoms with Crippen molar-refractivity contribution in [2.45, 2.75) is 39.7 Å². The minimum atomic E-state index is -0.0653. The molecule has 6 heteroatoms. The van der Waals surface area contributed by atoms with Crippen LogP contribution in [0.1, 0.15) is 47.7 Å². The van der Waals surface area contributed by atoms with Gasteiger partial charge in [0.1, 0.15) is 0 Å². The molecule has 1 amide bonds. The number of unbranched alkanes of at least 4 members (excludes halogenated alkanes) is 1. The number of hydrogen-bond donors (Lipinski definition) is 0. The zero-order valence-electron chi connectivity index (χ0n) is 15.4. The van der Waals surface area contributed by atoms with Crippen molar-refractivity contribution in [3.05, 3.63) is 39.8 Å². The Morgan fingerprint density at radius 1 is 1.28 bits per heavy atom. The lowest BCUT2D eigenvalue weighted by Gasteiger charge is -2.17. The second-order valence-electron chi connectivity index (χ2n) is 5.82. The number of aromatic nitrogens is 1. The third kappa shape index (κ3) is 5.19. The van der Waals surface area contributed by atoms with E-state index in [1.54, 1.807) is 48.6 Å². The molecule has 0 saturated heterocycles. The molecule has 25 heavy (non-hydrogen) atoms. The monoisotopic (exact) mass is 362 g/mol. The maximum absolute atomic E-state index is 12.7. The van der Waals surface area contributed by atoms with Gasteiger partial charge in [-0.25, -0.2) is 4.98 Å². The van der Waals surface area contributed by atoms with E-state index in [4.69, 9.17) is 9.47 Å². The van der Waals surface area contributed by atoms with Gasteiger partial charge in [-0.3, -0.25) is 4.79 Å². The maximum Gasteiger partial charge on any atom is 0.254 e. The Bertz CT molecular complexity index is 700. The summed E-state index contributed by atoms with van der Waals surface area (Å²) in [5.74, 6) is 1.18. The van der Waals surface area contributed by atoms with E-state index in [1.807, 2.05) is 5.38 Å². The maximum atomic E-state index is 12.7. The zero-order chi connectivity index (χ0) is 18.2. The van der Waals surface area contributed by atoms with Gasteiger partial charge in [-0.2, -0.15) is 0 Å². The van der Waals surface area contributed by atoms with Crippen molar-refractivity contribution >= 4 is 17.2 Å². The molecule has 0 saturated carbocycles. The molecule has 1 heterocycles. The van der Waals surface area contributed by atoms with Crippen molar-refractivity contribution in [1.29, 1.82) is 0 Å². The van der Waals surface area contributed by atoms with Gasteiger partial charge in [0.2, 0.25) is 0 Å². The number of amides is 1. The van der Waals surface area contributed by atoms with Gasteiger partial charge in [0, 0.05) is 18.0 Å². The molecule has 0 atom stereocenters. The van der Waals surface area contributed by atoms with E-state index in [1.165, 1.54) is 0 Å². The molecular weight excluding hydrogens is 336 g/mol. The van der Waals surface area contributed by atoms with Crippen LogP contribution in [0.15, 0.2) is 23.6 Å². The van der Waals surface area contributed by atoms with Crippen LogP contribution in [0.2, 0.25) is 0 Å². The number of carbonyl (C=O) groups excluding carboxylic acids is 1. The molecule has 1 aromatic carbocycles. The summed E-state index contributed by atoms with van der Waals surface area (Å²) < 4.78 is 11.1. The molecular formula is C19H26N2O3S. The van der Waals surface area contributed by atoms with E-state index in [0.717, 1.165) is 30.0 Å². The molecule has 0 aliphatic carbocycles. The first-order valence-corrected chi connectivity index (χ1v) is 9.46. The van der Waals surface area contributed by atoms with E-state index in [9.17, 15) is 4.79 Å². The molecule has 136 valence electrons. The number of carbonyl (C=O) groups is 1. The zero-order valence-corrected chi connectivity index (χ0v) is 16.2. The number of thiazole rings is 1. The first-order chi connectivity index (χ1) is 12.1. The third-order valence-electron chi connectivity index (χ3n) is 3.81. The van der Waals surface area contributed by atoms with Gasteiger partial charge < -0.3 is 14.4 Å². The Morgan fingerprint density at radius 3 is 2.72 bits per heavy atom. The molecule has 0 N–H and O–H groups in total. The highest BCUT2D eigenvalue weighted by Gasteiger charge is 2.16. The summed E-state index contributed by atoms with van der Waals surface area (Å²) in [6.45, 7) is 5.33. The van der Waals surface area contributed by atoms with Crippen molar-refractivity contribution < 1.29 is 14.3 Å². The normalized spacial score (nSPS) is 10.6. The molecule has 5 nitrogen and oxygen atoms in total. The lowest BCUT2D eigenvalue weighted by molar-refractivity contribution is 0.0783. The third-order valence-corrected chi connectivity index (χ3v) is 4.86. The van der Waals surface area contributed by atoms with Crippen LogP contribution in [0.4, 0.5) is 0 Å². The number of benzene rings is 1. The lowest BCUT2D eigenvalue weighted by atomic mass is 10.1. The number of methoxy groups -OCH3 is 1. The molecule has 0 bridgehead atoms. The summed E-state index contributed by atoms with van der Waals surface area (Å²) in [4.78, 5) is 18.9. The van der Waals surface area contributed by atoms with Gasteiger partial charge in [-0.1, -0.05) is 20.3 Å². The second-order valence-corrected chi connectivity index (χ2v) is 6.76. The SMILES string of the molecule is CCCCOc1ccc(C(=O)N(C)Cc2csc(CC)n2)cc1OC. The molecule has 0 spiro atoms. The topological polar surface area (TPSA) is 51.7 Å². The molecule has 0 aliphatic heterocycles. The van der Waals surface area contributed by atoms with E-state index in [-0.39, 0.29) is 5.91 Å². The number of rotatable bonds is 9. The smallest absolute Gasteiger partial charge is 0.254 e. The van der Waals surface area contributed by atoms with Crippen LogP contribution in [-0.4, -0.2) is 36.6 Å². The number of nitrogens with zero attached hydrogens (tertiary/aromatic N) is 2. The average Bonchev–Trinajstić information content (AvgIpc) is 3.09. The molecule has 2 rings (SSSR count). The van der Waals surface area contributed by atoms with Crippen molar-refractivity contribution in [2.24, 2.45) is 0 Å². The van der Waals surface area contributed by atoms with Gasteiger partial charge in [-0.05, 0) is 31.0 Å². The minimum absolute atomic E-state index is 0.0653. The highest BCUT2D eigenvalue weighted by atomic mass is 32.1. The van der Waals surface area contributed by atoms with Crippen LogP contribution in [0, 0.1) is 0 Å². The van der Waals surface area contributed by atoms with Crippen LogP contribution in [0.5, 0.6) is 11.5 Å². The summed E-state index contributed by atoms with van der Waals surface area (Å²) in [6, 6.07) is 5.31. The Morgan fingerprint density at radius 2 is 2.08 bits per heavy atom. The molecule has 1 aromatic heterocycles. The first kappa shape index (κ1) is 19.2. The predicted molar refractivity (Wildman–Crippen MR) is 101 cm³/mol. The number of ether oxygens (including phenoxy) is 2. The number of aryl methyl sites for hydroxylation is 1. The lowest BCUT2D eigenvalue weighted by Crippen LogP contribution is -2.26. The molecule has 0 fully saturated rings. The van der Waals surface area contributed by atoms with Crippen LogP contribution >= 0.6 is 11.3 Å². The van der Waals surface area contributed by atoms with Gasteiger partial charge >= 0.3 is 0 Å². The predicted octanol–water partition coefficient (Wildman–Crippen LogP) is 4.17. The highest BCUT2D eigenvalue weighted by molar-refractivity contribution is 7.09. The van der Waals surface area contributed by atoms with Gasteiger partial charge in [0.05, 0.1) is 31.0 Å². The largest absolute Gasteiger partial charge is 0.493 e. The van der Waals surface area contributed by atoms with E-state index in [0.29, 0.717) is 30.2 Å². The Labute approximate surface area is 153 Å². The first-order valence-electron chi connectivity index (χ1n) is 8.58. The molecule has 0 radical (unpaired) electrons. The highest BCUT2D eigenvalue weighted by Crippen LogP contribution is 2.29. The Kier molecular flexibility index (Phi) is 7.25. The van der Waals surface area contributed by atoms with Crippen LogP contribution in [-0.2, 0) is 13.0 Å². The van der Waals surface area contributed by atoms with Crippen LogP contribution < -0.4 is 9.47 Å². The van der Waals surface area contributed by atoms with Gasteiger partial charge in [0.15, 0.2) is 11.5 Å². The summed E-state index contributed by atoms with van der Waals surface area (Å²) in [5.41, 5.74) is 1.50. The van der Waals surface area contributed by atoms with Gasteiger partial charge in [-0.15, -0.1) is 11.3 Å². The fourth-order valence-electron chi connectivity index (χ4n) is 2.37. The molecule has 0 aliphatic rings. The quantitative estimate of drug-likeness (QED) is 0.628. The van der Waals surface area contributed by atoms with E-state index in [2.05, 4.69) is 18.8 Å². The van der Waals surface area contributed by atoms with E-state index >= 15 is 0 Å². The van der Waals surface area contributed by atoms with Gasteiger partial charge in [0.25, 0.3) is 5.91 Å². The summed E-state index contributed by atoms with van der Waals surface area (Å²) in [5, 5.41) is 3.10. The second kappa shape index (κ2) is 9.42. The van der Waals surface area contributed by atoms with E-state index < -0.39 is 0 Å². The van der Waals surface area contributed by atoms with Crippen molar-refractivity contribution in [3.8, 4) is 11.5 Å². The van der Waals surface area contributed by atoms with Crippen molar-refractivity contribution in [1.82, 2.24) is 9.88 Å². The number of hydrogen-bond acceptors (Lipinski definition) is 5. The fourth-order valence-corrected chi connectivity index (χ4v) is 3.10. The standard InChI is InChI=1S/C19H26N2O3S/c1-5-7-10-24-16-9-8-14(11-17(16)23-4)19(22)21(3)12-15-13-25-18(6-2)20-15/h8-9,11,13H,5-7,10,12H2,1-4H3.